The normalized spacial score (nSPS) is 11.1. The maximum Gasteiger partial charge on any atom is 0.490 e. The number of rotatable bonds is 6. The second-order valence-corrected chi connectivity index (χ2v) is 3.53. The fourth-order valence-corrected chi connectivity index (χ4v) is 0.973. The molecule has 0 amide bonds. The Balaban J connectivity index is 0. The first-order valence-corrected chi connectivity index (χ1v) is 5.81. The van der Waals surface area contributed by atoms with Gasteiger partial charge in [0.1, 0.15) is 0 Å². The Hall–Kier alpha value is -1.00. The van der Waals surface area contributed by atoms with Gasteiger partial charge in [0.15, 0.2) is 0 Å². The van der Waals surface area contributed by atoms with Gasteiger partial charge in [0.05, 0.1) is 0 Å². The van der Waals surface area contributed by atoms with E-state index in [-0.39, 0.29) is 0 Å². The van der Waals surface area contributed by atoms with Crippen molar-refractivity contribution in [2.75, 3.05) is 0 Å². The smallest absolute Gasteiger partial charge is 0.475 e. The van der Waals surface area contributed by atoms with Crippen molar-refractivity contribution in [2.45, 2.75) is 58.5 Å². The average molecular weight is 254 g/mol. The van der Waals surface area contributed by atoms with Crippen LogP contribution >= 0.6 is 0 Å². The maximum atomic E-state index is 10.6. The number of carboxylic acid groups (broad SMARTS) is 1. The van der Waals surface area contributed by atoms with Crippen LogP contribution in [0.2, 0.25) is 0 Å². The maximum absolute atomic E-state index is 10.6. The summed E-state index contributed by atoms with van der Waals surface area (Å²) in [7, 11) is 0. The lowest BCUT2D eigenvalue weighted by molar-refractivity contribution is -0.192. The van der Waals surface area contributed by atoms with Gasteiger partial charge < -0.3 is 5.11 Å². The van der Waals surface area contributed by atoms with E-state index >= 15 is 0 Å². The fraction of sp³-hybridized carbons (Fsp3) is 0.750. The summed E-state index contributed by atoms with van der Waals surface area (Å²) in [5.74, 6) is -2.76. The third-order valence-corrected chi connectivity index (χ3v) is 1.87. The van der Waals surface area contributed by atoms with Crippen molar-refractivity contribution in [3.8, 4) is 0 Å². The van der Waals surface area contributed by atoms with Crippen LogP contribution in [0, 0.1) is 0 Å². The first-order chi connectivity index (χ1) is 7.86. The SMILES string of the molecule is CCC=CCCCCCC.O=C(O)C(F)(F)F. The third kappa shape index (κ3) is 17.6. The molecule has 0 aromatic heterocycles. The minimum Gasteiger partial charge on any atom is -0.475 e. The molecular formula is C12H21F3O2. The Morgan fingerprint density at radius 1 is 1.12 bits per heavy atom. The summed E-state index contributed by atoms with van der Waals surface area (Å²) in [5.41, 5.74) is 0. The van der Waals surface area contributed by atoms with E-state index in [1.54, 1.807) is 0 Å². The van der Waals surface area contributed by atoms with E-state index < -0.39 is 12.1 Å². The Bertz CT molecular complexity index is 210. The van der Waals surface area contributed by atoms with Crippen LogP contribution in [-0.2, 0) is 4.79 Å². The van der Waals surface area contributed by atoms with Crippen molar-refractivity contribution in [1.29, 1.82) is 0 Å². The summed E-state index contributed by atoms with van der Waals surface area (Å²) in [6.45, 7) is 4.43. The molecule has 0 atom stereocenters. The van der Waals surface area contributed by atoms with Gasteiger partial charge >= 0.3 is 12.1 Å². The van der Waals surface area contributed by atoms with Crippen molar-refractivity contribution in [3.05, 3.63) is 12.2 Å². The van der Waals surface area contributed by atoms with E-state index in [2.05, 4.69) is 26.0 Å². The van der Waals surface area contributed by atoms with Crippen LogP contribution in [0.5, 0.6) is 0 Å². The van der Waals surface area contributed by atoms with E-state index in [1.165, 1.54) is 38.5 Å². The zero-order valence-electron chi connectivity index (χ0n) is 10.4. The second kappa shape index (κ2) is 11.5. The minimum atomic E-state index is -5.08. The Labute approximate surface area is 101 Å². The predicted octanol–water partition coefficient (Wildman–Crippen LogP) is 4.56. The number of unbranched alkanes of at least 4 members (excludes halogenated alkanes) is 4. The molecule has 0 aromatic rings. The van der Waals surface area contributed by atoms with E-state index in [9.17, 15) is 13.2 Å². The van der Waals surface area contributed by atoms with Crippen molar-refractivity contribution < 1.29 is 23.1 Å². The number of alkyl halides is 3. The van der Waals surface area contributed by atoms with Gasteiger partial charge in [-0.1, -0.05) is 45.3 Å². The number of hydrogen-bond donors (Lipinski definition) is 1. The molecule has 0 rings (SSSR count). The lowest BCUT2D eigenvalue weighted by Crippen LogP contribution is -2.21. The highest BCUT2D eigenvalue weighted by molar-refractivity contribution is 5.73. The molecule has 2 nitrogen and oxygen atoms in total. The van der Waals surface area contributed by atoms with Crippen molar-refractivity contribution in [1.82, 2.24) is 0 Å². The number of hydrogen-bond acceptors (Lipinski definition) is 1. The highest BCUT2D eigenvalue weighted by Gasteiger charge is 2.38. The summed E-state index contributed by atoms with van der Waals surface area (Å²) in [6.07, 6.45) is 7.48. The molecule has 0 aliphatic heterocycles. The molecule has 0 fully saturated rings. The highest BCUT2D eigenvalue weighted by Crippen LogP contribution is 2.13. The molecule has 0 radical (unpaired) electrons. The Kier molecular flexibility index (Phi) is 12.4. The number of carbonyl (C=O) groups is 1. The third-order valence-electron chi connectivity index (χ3n) is 1.87. The fourth-order valence-electron chi connectivity index (χ4n) is 0.973. The van der Waals surface area contributed by atoms with Gasteiger partial charge in [-0.2, -0.15) is 13.2 Å². The summed E-state index contributed by atoms with van der Waals surface area (Å²) >= 11 is 0. The van der Waals surface area contributed by atoms with Gasteiger partial charge in [-0.15, -0.1) is 0 Å². The zero-order valence-corrected chi connectivity index (χ0v) is 10.4. The standard InChI is InChI=1S/C10H20.C2HF3O2/c1-3-5-7-9-10-8-6-4-2;3-2(4,5)1(6)7/h5,7H,3-4,6,8-10H2,1-2H3;(H,6,7). The lowest BCUT2D eigenvalue weighted by Gasteiger charge is -1.93. The average Bonchev–Trinajstić information content (AvgIpc) is 2.23. The monoisotopic (exact) mass is 254 g/mol. The molecule has 5 heteroatoms. The summed E-state index contributed by atoms with van der Waals surface area (Å²) in [4.78, 5) is 8.90. The van der Waals surface area contributed by atoms with Gasteiger partial charge in [-0.05, 0) is 19.3 Å². The molecule has 0 aliphatic rings. The summed E-state index contributed by atoms with van der Waals surface area (Å²) in [5, 5.41) is 7.12. The summed E-state index contributed by atoms with van der Waals surface area (Å²) in [6, 6.07) is 0. The van der Waals surface area contributed by atoms with Gasteiger partial charge in [-0.25, -0.2) is 4.79 Å². The second-order valence-electron chi connectivity index (χ2n) is 3.53. The molecule has 0 aliphatic carbocycles. The molecule has 0 heterocycles. The van der Waals surface area contributed by atoms with E-state index in [4.69, 9.17) is 9.90 Å². The molecule has 1 N–H and O–H groups in total. The van der Waals surface area contributed by atoms with Crippen molar-refractivity contribution in [2.24, 2.45) is 0 Å². The topological polar surface area (TPSA) is 37.3 Å². The number of halogens is 3. The van der Waals surface area contributed by atoms with Crippen LogP contribution in [0.4, 0.5) is 13.2 Å². The Morgan fingerprint density at radius 3 is 2.00 bits per heavy atom. The van der Waals surface area contributed by atoms with E-state index in [1.807, 2.05) is 0 Å². The number of aliphatic carboxylic acids is 1. The van der Waals surface area contributed by atoms with Crippen molar-refractivity contribution in [3.63, 3.8) is 0 Å². The molecule has 102 valence electrons. The van der Waals surface area contributed by atoms with Crippen LogP contribution in [0.25, 0.3) is 0 Å². The van der Waals surface area contributed by atoms with Gasteiger partial charge in [0.25, 0.3) is 0 Å². The van der Waals surface area contributed by atoms with Crippen molar-refractivity contribution >= 4 is 5.97 Å². The minimum absolute atomic E-state index is 1.19. The molecule has 17 heavy (non-hydrogen) atoms. The predicted molar refractivity (Wildman–Crippen MR) is 61.9 cm³/mol. The molecule has 0 spiro atoms. The number of carboxylic acids is 1. The van der Waals surface area contributed by atoms with Crippen LogP contribution in [0.15, 0.2) is 12.2 Å². The van der Waals surface area contributed by atoms with Gasteiger partial charge in [0.2, 0.25) is 0 Å². The van der Waals surface area contributed by atoms with Gasteiger partial charge in [-0.3, -0.25) is 0 Å². The molecule has 0 saturated carbocycles. The largest absolute Gasteiger partial charge is 0.490 e. The first kappa shape index (κ1) is 18.4. The number of allylic oxidation sites excluding steroid dienone is 2. The van der Waals surface area contributed by atoms with Crippen LogP contribution in [-0.4, -0.2) is 17.3 Å². The van der Waals surface area contributed by atoms with Crippen LogP contribution < -0.4 is 0 Å². The molecule has 0 aromatic carbocycles. The quantitative estimate of drug-likeness (QED) is 0.557. The van der Waals surface area contributed by atoms with E-state index in [0.29, 0.717) is 0 Å². The molecule has 0 unspecified atom stereocenters. The van der Waals surface area contributed by atoms with Gasteiger partial charge in [0, 0.05) is 0 Å². The molecule has 0 bridgehead atoms. The van der Waals surface area contributed by atoms with Crippen LogP contribution in [0.1, 0.15) is 52.4 Å². The summed E-state index contributed by atoms with van der Waals surface area (Å²) < 4.78 is 31.7. The van der Waals surface area contributed by atoms with E-state index in [0.717, 1.165) is 0 Å². The zero-order chi connectivity index (χ0) is 13.7. The molecular weight excluding hydrogens is 233 g/mol. The first-order valence-electron chi connectivity index (χ1n) is 5.81. The Morgan fingerprint density at radius 2 is 1.65 bits per heavy atom. The van der Waals surface area contributed by atoms with Crippen LogP contribution in [0.3, 0.4) is 0 Å². The lowest BCUT2D eigenvalue weighted by atomic mass is 10.1. The molecule has 0 saturated heterocycles. The highest BCUT2D eigenvalue weighted by atomic mass is 19.4.